The highest BCUT2D eigenvalue weighted by Gasteiger charge is 2.23. The Morgan fingerprint density at radius 2 is 2.13 bits per heavy atom. The largest absolute Gasteiger partial charge is 0.319 e. The minimum atomic E-state index is 0.760. The second-order valence-electron chi connectivity index (χ2n) is 4.97. The van der Waals surface area contributed by atoms with Crippen molar-refractivity contribution in [1.82, 2.24) is 15.1 Å². The summed E-state index contributed by atoms with van der Waals surface area (Å²) in [6.07, 6.45) is 1.27. The summed E-state index contributed by atoms with van der Waals surface area (Å²) in [6.45, 7) is 10.7. The predicted molar refractivity (Wildman–Crippen MR) is 66.2 cm³/mol. The van der Waals surface area contributed by atoms with Crippen molar-refractivity contribution in [2.45, 2.75) is 26.3 Å². The summed E-state index contributed by atoms with van der Waals surface area (Å²) in [4.78, 5) is 5.12. The molecule has 1 fully saturated rings. The first kappa shape index (κ1) is 12.9. The van der Waals surface area contributed by atoms with E-state index >= 15 is 0 Å². The minimum Gasteiger partial charge on any atom is -0.319 e. The van der Waals surface area contributed by atoms with Gasteiger partial charge in [0.2, 0.25) is 0 Å². The van der Waals surface area contributed by atoms with Crippen molar-refractivity contribution in [1.29, 1.82) is 0 Å². The Bertz CT molecular complexity index is 172. The van der Waals surface area contributed by atoms with Gasteiger partial charge < -0.3 is 15.1 Å². The van der Waals surface area contributed by atoms with E-state index in [0.29, 0.717) is 0 Å². The molecule has 2 unspecified atom stereocenters. The van der Waals surface area contributed by atoms with E-state index in [1.54, 1.807) is 0 Å². The van der Waals surface area contributed by atoms with Crippen molar-refractivity contribution in [3.05, 3.63) is 0 Å². The van der Waals surface area contributed by atoms with Gasteiger partial charge in [-0.3, -0.25) is 0 Å². The van der Waals surface area contributed by atoms with Crippen molar-refractivity contribution < 1.29 is 0 Å². The molecule has 15 heavy (non-hydrogen) atoms. The average molecular weight is 213 g/mol. The van der Waals surface area contributed by atoms with Gasteiger partial charge in [0.25, 0.3) is 0 Å². The standard InChI is InChI=1S/C12H27N3/c1-5-12-10-15(7-6-14(12)4)9-11(2)8-13-3/h11-13H,5-10H2,1-4H3. The van der Waals surface area contributed by atoms with E-state index in [-0.39, 0.29) is 0 Å². The van der Waals surface area contributed by atoms with Crippen LogP contribution in [0.1, 0.15) is 20.3 Å². The molecule has 0 aromatic rings. The van der Waals surface area contributed by atoms with Gasteiger partial charge in [-0.05, 0) is 33.0 Å². The molecule has 0 bridgehead atoms. The highest BCUT2D eigenvalue weighted by molar-refractivity contribution is 4.80. The zero-order valence-corrected chi connectivity index (χ0v) is 10.8. The lowest BCUT2D eigenvalue weighted by Crippen LogP contribution is -2.52. The molecule has 1 heterocycles. The monoisotopic (exact) mass is 213 g/mol. The van der Waals surface area contributed by atoms with Crippen molar-refractivity contribution in [3.8, 4) is 0 Å². The van der Waals surface area contributed by atoms with Crippen molar-refractivity contribution in [2.24, 2.45) is 5.92 Å². The Balaban J connectivity index is 2.31. The highest BCUT2D eigenvalue weighted by Crippen LogP contribution is 2.11. The zero-order valence-electron chi connectivity index (χ0n) is 10.8. The van der Waals surface area contributed by atoms with Gasteiger partial charge in [0, 0.05) is 32.2 Å². The second kappa shape index (κ2) is 6.46. The van der Waals surface area contributed by atoms with Gasteiger partial charge in [-0.25, -0.2) is 0 Å². The summed E-state index contributed by atoms with van der Waals surface area (Å²) in [7, 11) is 4.29. The van der Waals surface area contributed by atoms with Crippen LogP contribution in [-0.4, -0.2) is 62.7 Å². The molecular formula is C12H27N3. The van der Waals surface area contributed by atoms with Crippen LogP contribution in [-0.2, 0) is 0 Å². The number of piperazine rings is 1. The van der Waals surface area contributed by atoms with Crippen LogP contribution in [0.3, 0.4) is 0 Å². The summed E-state index contributed by atoms with van der Waals surface area (Å²) < 4.78 is 0. The van der Waals surface area contributed by atoms with Crippen LogP contribution in [0, 0.1) is 5.92 Å². The van der Waals surface area contributed by atoms with Gasteiger partial charge in [0.1, 0.15) is 0 Å². The molecule has 90 valence electrons. The lowest BCUT2D eigenvalue weighted by Gasteiger charge is -2.40. The van der Waals surface area contributed by atoms with E-state index < -0.39 is 0 Å². The Kier molecular flexibility index (Phi) is 5.58. The zero-order chi connectivity index (χ0) is 11.3. The third kappa shape index (κ3) is 4.09. The maximum absolute atomic E-state index is 3.25. The van der Waals surface area contributed by atoms with Gasteiger partial charge in [-0.15, -0.1) is 0 Å². The van der Waals surface area contributed by atoms with Gasteiger partial charge in [0.15, 0.2) is 0 Å². The van der Waals surface area contributed by atoms with E-state index in [2.05, 4.69) is 36.0 Å². The maximum atomic E-state index is 3.25. The second-order valence-corrected chi connectivity index (χ2v) is 4.97. The normalized spacial score (nSPS) is 26.8. The molecule has 0 radical (unpaired) electrons. The summed E-state index contributed by atoms with van der Waals surface area (Å²) in [6, 6.07) is 0.764. The molecule has 0 saturated carbocycles. The van der Waals surface area contributed by atoms with Crippen molar-refractivity contribution in [3.63, 3.8) is 0 Å². The van der Waals surface area contributed by atoms with Crippen LogP contribution in [0.25, 0.3) is 0 Å². The number of nitrogens with one attached hydrogen (secondary N) is 1. The van der Waals surface area contributed by atoms with E-state index in [1.165, 1.54) is 32.6 Å². The Labute approximate surface area is 94.8 Å². The lowest BCUT2D eigenvalue weighted by atomic mass is 10.1. The smallest absolute Gasteiger partial charge is 0.0218 e. The third-order valence-corrected chi connectivity index (χ3v) is 3.45. The predicted octanol–water partition coefficient (Wildman–Crippen LogP) is 0.868. The molecule has 0 aromatic heterocycles. The fraction of sp³-hybridized carbons (Fsp3) is 1.00. The molecule has 3 nitrogen and oxygen atoms in total. The van der Waals surface area contributed by atoms with Gasteiger partial charge >= 0.3 is 0 Å². The van der Waals surface area contributed by atoms with Crippen LogP contribution in [0.5, 0.6) is 0 Å². The number of nitrogens with zero attached hydrogens (tertiary/aromatic N) is 2. The molecule has 1 aliphatic rings. The first-order chi connectivity index (χ1) is 7.17. The molecule has 0 aromatic carbocycles. The molecule has 1 N–H and O–H groups in total. The molecule has 2 atom stereocenters. The van der Waals surface area contributed by atoms with Crippen LogP contribution >= 0.6 is 0 Å². The Morgan fingerprint density at radius 1 is 1.40 bits per heavy atom. The van der Waals surface area contributed by atoms with Crippen LogP contribution in [0.4, 0.5) is 0 Å². The van der Waals surface area contributed by atoms with Gasteiger partial charge in [0.05, 0.1) is 0 Å². The molecule has 1 aliphatic heterocycles. The van der Waals surface area contributed by atoms with E-state index in [1.807, 2.05) is 7.05 Å². The fourth-order valence-electron chi connectivity index (χ4n) is 2.47. The summed E-state index contributed by atoms with van der Waals surface area (Å²) in [5, 5.41) is 3.25. The average Bonchev–Trinajstić information content (AvgIpc) is 2.21. The van der Waals surface area contributed by atoms with Crippen LogP contribution < -0.4 is 5.32 Å². The molecule has 1 rings (SSSR count). The van der Waals surface area contributed by atoms with Crippen molar-refractivity contribution >= 4 is 0 Å². The quantitative estimate of drug-likeness (QED) is 0.731. The SMILES string of the molecule is CCC1CN(CC(C)CNC)CCN1C. The van der Waals surface area contributed by atoms with Crippen molar-refractivity contribution in [2.75, 3.05) is 46.8 Å². The van der Waals surface area contributed by atoms with Crippen LogP contribution in [0.15, 0.2) is 0 Å². The van der Waals surface area contributed by atoms with Gasteiger partial charge in [-0.2, -0.15) is 0 Å². The molecule has 3 heteroatoms. The van der Waals surface area contributed by atoms with E-state index in [9.17, 15) is 0 Å². The molecule has 0 aliphatic carbocycles. The summed E-state index contributed by atoms with van der Waals surface area (Å²) >= 11 is 0. The lowest BCUT2D eigenvalue weighted by molar-refractivity contribution is 0.0835. The van der Waals surface area contributed by atoms with Crippen LogP contribution in [0.2, 0.25) is 0 Å². The summed E-state index contributed by atoms with van der Waals surface area (Å²) in [5.74, 6) is 0.760. The first-order valence-electron chi connectivity index (χ1n) is 6.24. The molecule has 0 spiro atoms. The molecular weight excluding hydrogens is 186 g/mol. The molecule has 0 amide bonds. The first-order valence-corrected chi connectivity index (χ1v) is 6.24. The maximum Gasteiger partial charge on any atom is 0.0218 e. The molecule has 1 saturated heterocycles. The minimum absolute atomic E-state index is 0.760. The highest BCUT2D eigenvalue weighted by atomic mass is 15.3. The number of rotatable bonds is 5. The number of hydrogen-bond donors (Lipinski definition) is 1. The number of hydrogen-bond acceptors (Lipinski definition) is 3. The van der Waals surface area contributed by atoms with E-state index in [4.69, 9.17) is 0 Å². The number of likely N-dealkylation sites (N-methyl/N-ethyl adjacent to an activating group) is 1. The summed E-state index contributed by atoms with van der Waals surface area (Å²) in [5.41, 5.74) is 0. The Morgan fingerprint density at radius 3 is 2.73 bits per heavy atom. The fourth-order valence-corrected chi connectivity index (χ4v) is 2.47. The Hall–Kier alpha value is -0.120. The van der Waals surface area contributed by atoms with Gasteiger partial charge in [-0.1, -0.05) is 13.8 Å². The van der Waals surface area contributed by atoms with E-state index in [0.717, 1.165) is 18.5 Å². The topological polar surface area (TPSA) is 18.5 Å². The third-order valence-electron chi connectivity index (χ3n) is 3.45.